The molecule has 0 aliphatic heterocycles. The van der Waals surface area contributed by atoms with E-state index in [-0.39, 0.29) is 5.56 Å². The van der Waals surface area contributed by atoms with Gasteiger partial charge in [0.2, 0.25) is 0 Å². The summed E-state index contributed by atoms with van der Waals surface area (Å²) in [6.07, 6.45) is 1.70. The average molecular weight is 367 g/mol. The minimum Gasteiger partial charge on any atom is -0.380 e. The molecule has 0 aliphatic carbocycles. The van der Waals surface area contributed by atoms with Crippen LogP contribution < -0.4 is 16.0 Å². The molecule has 0 bridgehead atoms. The van der Waals surface area contributed by atoms with Crippen molar-refractivity contribution in [3.63, 3.8) is 0 Å². The predicted octanol–water partition coefficient (Wildman–Crippen LogP) is 2.76. The van der Waals surface area contributed by atoms with Gasteiger partial charge in [0.05, 0.1) is 11.3 Å². The second-order valence-corrected chi connectivity index (χ2v) is 5.86. The first kappa shape index (κ1) is 16.2. The van der Waals surface area contributed by atoms with Crippen LogP contribution in [0, 0.1) is 5.82 Å². The Morgan fingerprint density at radius 3 is 2.77 bits per heavy atom. The lowest BCUT2D eigenvalue weighted by Gasteiger charge is -2.14. The summed E-state index contributed by atoms with van der Waals surface area (Å²) in [4.78, 5) is 17.5. The van der Waals surface area contributed by atoms with Crippen molar-refractivity contribution in [3.8, 4) is 0 Å². The minimum absolute atomic E-state index is 0.148. The van der Waals surface area contributed by atoms with Crippen LogP contribution in [0.2, 0.25) is 0 Å². The molecule has 0 fully saturated rings. The molecule has 0 atom stereocenters. The van der Waals surface area contributed by atoms with E-state index in [1.165, 1.54) is 6.07 Å². The highest BCUT2D eigenvalue weighted by molar-refractivity contribution is 9.10. The van der Waals surface area contributed by atoms with Crippen LogP contribution >= 0.6 is 15.9 Å². The Kier molecular flexibility index (Phi) is 4.97. The molecule has 0 spiro atoms. The molecule has 2 rings (SSSR count). The number of carbonyl (C=O) groups is 1. The molecule has 3 N–H and O–H groups in total. The Morgan fingerprint density at radius 2 is 2.14 bits per heavy atom. The first-order valence-corrected chi connectivity index (χ1v) is 7.32. The molecule has 7 heteroatoms. The number of hydrogen-bond donors (Lipinski definition) is 2. The van der Waals surface area contributed by atoms with Gasteiger partial charge in [0, 0.05) is 31.3 Å². The predicted molar refractivity (Wildman–Crippen MR) is 88.5 cm³/mol. The number of carbonyl (C=O) groups excluding carboxylic acids is 1. The molecule has 116 valence electrons. The number of pyridine rings is 1. The monoisotopic (exact) mass is 366 g/mol. The lowest BCUT2D eigenvalue weighted by atomic mass is 10.1. The number of amides is 1. The van der Waals surface area contributed by atoms with Crippen LogP contribution in [0.25, 0.3) is 0 Å². The Morgan fingerprint density at radius 1 is 1.41 bits per heavy atom. The second-order valence-electron chi connectivity index (χ2n) is 4.94. The van der Waals surface area contributed by atoms with E-state index in [2.05, 4.69) is 26.2 Å². The quantitative estimate of drug-likeness (QED) is 0.853. The molecular formula is C15H16BrFN4O. The number of aromatic nitrogens is 1. The summed E-state index contributed by atoms with van der Waals surface area (Å²) >= 11 is 3.20. The van der Waals surface area contributed by atoms with Gasteiger partial charge in [-0.05, 0) is 29.8 Å². The van der Waals surface area contributed by atoms with Crippen LogP contribution in [0.15, 0.2) is 34.9 Å². The summed E-state index contributed by atoms with van der Waals surface area (Å²) in [6.45, 7) is 0.416. The number of nitrogens with zero attached hydrogens (tertiary/aromatic N) is 2. The zero-order valence-electron chi connectivity index (χ0n) is 12.2. The van der Waals surface area contributed by atoms with Crippen LogP contribution in [-0.4, -0.2) is 25.0 Å². The molecular weight excluding hydrogens is 351 g/mol. The highest BCUT2D eigenvalue weighted by Crippen LogP contribution is 2.25. The van der Waals surface area contributed by atoms with Crippen molar-refractivity contribution in [3.05, 3.63) is 51.9 Å². The van der Waals surface area contributed by atoms with Gasteiger partial charge in [-0.3, -0.25) is 4.79 Å². The SMILES string of the molecule is CN(C)c1cc(CNc2cc(Br)cc(F)c2C(N)=O)ccn1. The topological polar surface area (TPSA) is 71.2 Å². The minimum atomic E-state index is -0.809. The third kappa shape index (κ3) is 3.73. The Bertz CT molecular complexity index is 706. The molecule has 1 amide bonds. The molecule has 1 heterocycles. The third-order valence-corrected chi connectivity index (χ3v) is 3.51. The van der Waals surface area contributed by atoms with Crippen molar-refractivity contribution in [1.29, 1.82) is 0 Å². The van der Waals surface area contributed by atoms with E-state index in [0.717, 1.165) is 11.4 Å². The van der Waals surface area contributed by atoms with Crippen LogP contribution in [0.4, 0.5) is 15.9 Å². The van der Waals surface area contributed by atoms with Gasteiger partial charge in [0.25, 0.3) is 5.91 Å². The molecule has 2 aromatic rings. The van der Waals surface area contributed by atoms with Crippen LogP contribution in [-0.2, 0) is 6.54 Å². The number of benzene rings is 1. The van der Waals surface area contributed by atoms with Gasteiger partial charge < -0.3 is 16.0 Å². The molecule has 0 unspecified atom stereocenters. The molecule has 1 aromatic heterocycles. The average Bonchev–Trinajstić information content (AvgIpc) is 2.44. The van der Waals surface area contributed by atoms with E-state index in [9.17, 15) is 9.18 Å². The molecule has 1 aromatic carbocycles. The fourth-order valence-electron chi connectivity index (χ4n) is 1.98. The summed E-state index contributed by atoms with van der Waals surface area (Å²) in [5.74, 6) is -0.654. The van der Waals surface area contributed by atoms with Crippen molar-refractivity contribution in [2.24, 2.45) is 5.73 Å². The summed E-state index contributed by atoms with van der Waals surface area (Å²) in [5, 5.41) is 3.04. The van der Waals surface area contributed by atoms with Crippen molar-refractivity contribution in [1.82, 2.24) is 4.98 Å². The van der Waals surface area contributed by atoms with Crippen LogP contribution in [0.1, 0.15) is 15.9 Å². The van der Waals surface area contributed by atoms with Gasteiger partial charge in [-0.2, -0.15) is 0 Å². The van der Waals surface area contributed by atoms with Gasteiger partial charge in [-0.25, -0.2) is 9.37 Å². The van der Waals surface area contributed by atoms with E-state index in [1.807, 2.05) is 31.1 Å². The maximum absolute atomic E-state index is 13.9. The van der Waals surface area contributed by atoms with Gasteiger partial charge in [0.15, 0.2) is 0 Å². The summed E-state index contributed by atoms with van der Waals surface area (Å²) in [6, 6.07) is 6.59. The zero-order valence-corrected chi connectivity index (χ0v) is 13.8. The number of rotatable bonds is 5. The first-order chi connectivity index (χ1) is 10.4. The van der Waals surface area contributed by atoms with E-state index in [4.69, 9.17) is 5.73 Å². The number of nitrogens with one attached hydrogen (secondary N) is 1. The van der Waals surface area contributed by atoms with Gasteiger partial charge in [0.1, 0.15) is 11.6 Å². The smallest absolute Gasteiger partial charge is 0.253 e. The van der Waals surface area contributed by atoms with E-state index >= 15 is 0 Å². The zero-order chi connectivity index (χ0) is 16.3. The van der Waals surface area contributed by atoms with Gasteiger partial charge in [-0.1, -0.05) is 15.9 Å². The lowest BCUT2D eigenvalue weighted by Crippen LogP contribution is -2.17. The summed E-state index contributed by atoms with van der Waals surface area (Å²) in [5.41, 5.74) is 6.40. The number of anilines is 2. The Labute approximate surface area is 136 Å². The fourth-order valence-corrected chi connectivity index (χ4v) is 2.41. The van der Waals surface area contributed by atoms with E-state index in [0.29, 0.717) is 16.7 Å². The Balaban J connectivity index is 2.25. The molecule has 0 saturated heterocycles. The van der Waals surface area contributed by atoms with Crippen molar-refractivity contribution in [2.75, 3.05) is 24.3 Å². The van der Waals surface area contributed by atoms with Crippen molar-refractivity contribution in [2.45, 2.75) is 6.54 Å². The number of halogens is 2. The maximum Gasteiger partial charge on any atom is 0.253 e. The molecule has 5 nitrogen and oxygen atoms in total. The lowest BCUT2D eigenvalue weighted by molar-refractivity contribution is 0.0997. The largest absolute Gasteiger partial charge is 0.380 e. The second kappa shape index (κ2) is 6.74. The highest BCUT2D eigenvalue weighted by atomic mass is 79.9. The normalized spacial score (nSPS) is 10.4. The number of nitrogens with two attached hydrogens (primary N) is 1. The Hall–Kier alpha value is -2.15. The standard InChI is InChI=1S/C15H16BrFN4O/c1-21(2)13-5-9(3-4-19-13)8-20-12-7-10(16)6-11(17)14(12)15(18)22/h3-7,20H,8H2,1-2H3,(H2,18,22). The summed E-state index contributed by atoms with van der Waals surface area (Å²) < 4.78 is 14.4. The van der Waals surface area contributed by atoms with E-state index < -0.39 is 11.7 Å². The maximum atomic E-state index is 13.9. The van der Waals surface area contributed by atoms with Crippen molar-refractivity contribution < 1.29 is 9.18 Å². The third-order valence-electron chi connectivity index (χ3n) is 3.05. The molecule has 0 saturated carbocycles. The van der Waals surface area contributed by atoms with Gasteiger partial charge >= 0.3 is 0 Å². The molecule has 22 heavy (non-hydrogen) atoms. The van der Waals surface area contributed by atoms with Crippen LogP contribution in [0.3, 0.4) is 0 Å². The van der Waals surface area contributed by atoms with Crippen LogP contribution in [0.5, 0.6) is 0 Å². The number of primary amides is 1. The van der Waals surface area contributed by atoms with Gasteiger partial charge in [-0.15, -0.1) is 0 Å². The number of hydrogen-bond acceptors (Lipinski definition) is 4. The highest BCUT2D eigenvalue weighted by Gasteiger charge is 2.15. The van der Waals surface area contributed by atoms with E-state index in [1.54, 1.807) is 12.3 Å². The molecule has 0 radical (unpaired) electrons. The van der Waals surface area contributed by atoms with Crippen molar-refractivity contribution >= 4 is 33.3 Å². The first-order valence-electron chi connectivity index (χ1n) is 6.53. The molecule has 0 aliphatic rings. The fraction of sp³-hybridized carbons (Fsp3) is 0.200. The summed E-state index contributed by atoms with van der Waals surface area (Å²) in [7, 11) is 3.79.